The Morgan fingerprint density at radius 3 is 2.39 bits per heavy atom. The summed E-state index contributed by atoms with van der Waals surface area (Å²) in [5.41, 5.74) is 2.55. The van der Waals surface area contributed by atoms with Crippen LogP contribution in [0.15, 0.2) is 83.8 Å². The number of sulfonamides is 1. The van der Waals surface area contributed by atoms with Crippen molar-refractivity contribution in [2.45, 2.75) is 41.9 Å². The fourth-order valence-electron chi connectivity index (χ4n) is 4.48. The smallest absolute Gasteiger partial charge is 0.240 e. The Morgan fingerprint density at radius 1 is 1.03 bits per heavy atom. The molecule has 0 saturated heterocycles. The first-order valence-electron chi connectivity index (χ1n) is 11.7. The van der Waals surface area contributed by atoms with E-state index in [1.54, 1.807) is 24.3 Å². The molecule has 0 aliphatic heterocycles. The fraction of sp³-hybridized carbons (Fsp3) is 0.296. The number of carbonyl (C=O) groups is 1. The third kappa shape index (κ3) is 5.93. The lowest BCUT2D eigenvalue weighted by Gasteiger charge is -2.24. The average Bonchev–Trinajstić information content (AvgIpc) is 3.21. The maximum Gasteiger partial charge on any atom is 0.240 e. The Labute approximate surface area is 211 Å². The highest BCUT2D eigenvalue weighted by Gasteiger charge is 2.34. The highest BCUT2D eigenvalue weighted by molar-refractivity contribution is 7.89. The fourth-order valence-corrected chi connectivity index (χ4v) is 5.55. The van der Waals surface area contributed by atoms with Crippen molar-refractivity contribution in [3.63, 3.8) is 0 Å². The quantitative estimate of drug-likeness (QED) is 0.332. The van der Waals surface area contributed by atoms with Crippen LogP contribution in [0.2, 0.25) is 0 Å². The van der Waals surface area contributed by atoms with Gasteiger partial charge in [-0.15, -0.1) is 0 Å². The van der Waals surface area contributed by atoms with Crippen LogP contribution in [0.3, 0.4) is 0 Å². The molecule has 36 heavy (non-hydrogen) atoms. The van der Waals surface area contributed by atoms with Gasteiger partial charge in [-0.1, -0.05) is 54.6 Å². The van der Waals surface area contributed by atoms with Crippen molar-refractivity contribution >= 4 is 15.9 Å². The van der Waals surface area contributed by atoms with Crippen molar-refractivity contribution in [2.75, 3.05) is 13.7 Å². The van der Waals surface area contributed by atoms with Gasteiger partial charge in [0.25, 0.3) is 0 Å². The molecule has 9 heteroatoms. The van der Waals surface area contributed by atoms with Crippen LogP contribution >= 0.6 is 0 Å². The van der Waals surface area contributed by atoms with Gasteiger partial charge in [0.05, 0.1) is 36.2 Å². The second-order valence-electron chi connectivity index (χ2n) is 8.84. The topological polar surface area (TPSA) is 125 Å². The highest BCUT2D eigenvalue weighted by atomic mass is 32.2. The molecule has 0 aromatic heterocycles. The summed E-state index contributed by atoms with van der Waals surface area (Å²) >= 11 is 0. The summed E-state index contributed by atoms with van der Waals surface area (Å²) in [5.74, 6) is -0.564. The Hall–Kier alpha value is -3.24. The zero-order valence-electron chi connectivity index (χ0n) is 19.9. The summed E-state index contributed by atoms with van der Waals surface area (Å²) in [6.07, 6.45) is -1.43. The van der Waals surface area contributed by atoms with Crippen LogP contribution in [0.5, 0.6) is 5.75 Å². The van der Waals surface area contributed by atoms with Crippen LogP contribution in [0.25, 0.3) is 0 Å². The van der Waals surface area contributed by atoms with Crippen LogP contribution in [0.4, 0.5) is 0 Å². The molecular weight excluding hydrogens is 480 g/mol. The normalized spacial score (nSPS) is 18.8. The molecule has 4 rings (SSSR count). The van der Waals surface area contributed by atoms with Crippen molar-refractivity contribution < 1.29 is 28.2 Å². The standard InChI is InChI=1S/C27H30N2O6S/c1-35-21-11-13-22(14-12-21)36(33,34)28-17-20(30)16-24(18-7-3-2-4-8-18)27(32)29-26-23-10-6-5-9-19(23)15-25(26)31/h2-14,20,24-26,28,30-31H,15-17H2,1H3,(H,29,32)/t20-,24-,25+,26-/m0/s1. The summed E-state index contributed by atoms with van der Waals surface area (Å²) < 4.78 is 32.7. The number of hydrogen-bond donors (Lipinski definition) is 4. The zero-order chi connectivity index (χ0) is 25.7. The van der Waals surface area contributed by atoms with Gasteiger partial charge in [-0.2, -0.15) is 0 Å². The summed E-state index contributed by atoms with van der Waals surface area (Å²) in [4.78, 5) is 13.4. The van der Waals surface area contributed by atoms with E-state index in [2.05, 4.69) is 10.0 Å². The Kier molecular flexibility index (Phi) is 8.05. The molecular formula is C27H30N2O6S. The Bertz CT molecular complexity index is 1280. The monoisotopic (exact) mass is 510 g/mol. The molecule has 3 aromatic carbocycles. The molecule has 190 valence electrons. The summed E-state index contributed by atoms with van der Waals surface area (Å²) in [6.45, 7) is -0.264. The minimum atomic E-state index is -3.86. The number of carbonyl (C=O) groups excluding carboxylic acids is 1. The van der Waals surface area contributed by atoms with Crippen LogP contribution in [-0.2, 0) is 21.2 Å². The Morgan fingerprint density at radius 2 is 1.69 bits per heavy atom. The first kappa shape index (κ1) is 25.8. The first-order valence-corrected chi connectivity index (χ1v) is 13.2. The van der Waals surface area contributed by atoms with Crippen LogP contribution in [0, 0.1) is 0 Å². The molecule has 0 bridgehead atoms. The van der Waals surface area contributed by atoms with Crippen LogP contribution < -0.4 is 14.8 Å². The highest BCUT2D eigenvalue weighted by Crippen LogP contribution is 2.32. The van der Waals surface area contributed by atoms with Gasteiger partial charge in [0.1, 0.15) is 5.75 Å². The van der Waals surface area contributed by atoms with Gasteiger partial charge in [0, 0.05) is 13.0 Å². The minimum absolute atomic E-state index is 0.00849. The zero-order valence-corrected chi connectivity index (χ0v) is 20.7. The first-order chi connectivity index (χ1) is 17.3. The number of ether oxygens (including phenoxy) is 1. The predicted octanol–water partition coefficient (Wildman–Crippen LogP) is 2.28. The number of aliphatic hydroxyl groups is 2. The molecule has 0 spiro atoms. The van der Waals surface area contributed by atoms with E-state index in [0.29, 0.717) is 17.7 Å². The third-order valence-corrected chi connectivity index (χ3v) is 7.85. The molecule has 0 radical (unpaired) electrons. The second-order valence-corrected chi connectivity index (χ2v) is 10.6. The van der Waals surface area contributed by atoms with E-state index >= 15 is 0 Å². The molecule has 0 unspecified atom stereocenters. The van der Waals surface area contributed by atoms with Gasteiger partial charge in [0.2, 0.25) is 15.9 Å². The van der Waals surface area contributed by atoms with Gasteiger partial charge in [0.15, 0.2) is 0 Å². The van der Waals surface area contributed by atoms with E-state index in [1.165, 1.54) is 31.4 Å². The number of methoxy groups -OCH3 is 1. The van der Waals surface area contributed by atoms with Gasteiger partial charge in [-0.3, -0.25) is 4.79 Å². The van der Waals surface area contributed by atoms with Crippen LogP contribution in [0.1, 0.15) is 35.1 Å². The lowest BCUT2D eigenvalue weighted by Crippen LogP contribution is -2.39. The van der Waals surface area contributed by atoms with E-state index in [1.807, 2.05) is 30.3 Å². The number of amides is 1. The maximum absolute atomic E-state index is 13.4. The molecule has 8 nitrogen and oxygen atoms in total. The molecule has 3 aromatic rings. The molecule has 1 aliphatic rings. The minimum Gasteiger partial charge on any atom is -0.497 e. The predicted molar refractivity (Wildman–Crippen MR) is 135 cm³/mol. The van der Waals surface area contributed by atoms with E-state index in [4.69, 9.17) is 4.74 Å². The number of rotatable bonds is 10. The number of benzene rings is 3. The van der Waals surface area contributed by atoms with E-state index in [9.17, 15) is 23.4 Å². The SMILES string of the molecule is COc1ccc(S(=O)(=O)NC[C@@H](O)C[C@H](C(=O)N[C@H]2c3ccccc3C[C@H]2O)c2ccccc2)cc1. The maximum atomic E-state index is 13.4. The number of hydrogen-bond acceptors (Lipinski definition) is 6. The van der Waals surface area contributed by atoms with Gasteiger partial charge in [-0.05, 0) is 47.4 Å². The second kappa shape index (κ2) is 11.2. The van der Waals surface area contributed by atoms with Gasteiger partial charge in [-0.25, -0.2) is 13.1 Å². The molecule has 1 amide bonds. The average molecular weight is 511 g/mol. The lowest BCUT2D eigenvalue weighted by molar-refractivity contribution is -0.124. The van der Waals surface area contributed by atoms with Crippen molar-refractivity contribution in [3.8, 4) is 5.75 Å². The van der Waals surface area contributed by atoms with Gasteiger partial charge < -0.3 is 20.3 Å². The van der Waals surface area contributed by atoms with E-state index in [-0.39, 0.29) is 23.8 Å². The summed E-state index contributed by atoms with van der Waals surface area (Å²) in [5, 5.41) is 24.2. The van der Waals surface area contributed by atoms with Gasteiger partial charge >= 0.3 is 0 Å². The number of nitrogens with one attached hydrogen (secondary N) is 2. The molecule has 4 atom stereocenters. The molecule has 0 saturated carbocycles. The van der Waals surface area contributed by atoms with E-state index < -0.39 is 34.2 Å². The molecule has 1 aliphatic carbocycles. The number of fused-ring (bicyclic) bond motifs is 1. The lowest BCUT2D eigenvalue weighted by atomic mass is 9.91. The molecule has 0 heterocycles. The summed E-state index contributed by atoms with van der Waals surface area (Å²) in [7, 11) is -2.37. The van der Waals surface area contributed by atoms with Crippen molar-refractivity contribution in [3.05, 3.63) is 95.6 Å². The van der Waals surface area contributed by atoms with Crippen molar-refractivity contribution in [2.24, 2.45) is 0 Å². The van der Waals surface area contributed by atoms with Crippen molar-refractivity contribution in [1.82, 2.24) is 10.0 Å². The van der Waals surface area contributed by atoms with Crippen molar-refractivity contribution in [1.29, 1.82) is 0 Å². The Balaban J connectivity index is 1.45. The third-order valence-electron chi connectivity index (χ3n) is 6.41. The van der Waals surface area contributed by atoms with Crippen LogP contribution in [-0.4, -0.2) is 50.4 Å². The number of aliphatic hydroxyl groups excluding tert-OH is 2. The molecule has 4 N–H and O–H groups in total. The summed E-state index contributed by atoms with van der Waals surface area (Å²) in [6, 6.07) is 21.9. The van der Waals surface area contributed by atoms with E-state index in [0.717, 1.165) is 11.1 Å². The molecule has 0 fully saturated rings. The largest absolute Gasteiger partial charge is 0.497 e.